The molecule has 1 aromatic carbocycles. The Hall–Kier alpha value is -2.34. The van der Waals surface area contributed by atoms with Crippen molar-refractivity contribution in [1.82, 2.24) is 4.90 Å². The van der Waals surface area contributed by atoms with Gasteiger partial charge in [-0.25, -0.2) is 4.79 Å². The van der Waals surface area contributed by atoms with Crippen molar-refractivity contribution in [3.63, 3.8) is 0 Å². The summed E-state index contributed by atoms with van der Waals surface area (Å²) in [4.78, 5) is 24.7. The van der Waals surface area contributed by atoms with Crippen LogP contribution in [0.2, 0.25) is 0 Å². The zero-order valence-corrected chi connectivity index (χ0v) is 11.8. The van der Waals surface area contributed by atoms with Crippen molar-refractivity contribution in [1.29, 1.82) is 0 Å². The van der Waals surface area contributed by atoms with Gasteiger partial charge in [-0.05, 0) is 40.6 Å². The van der Waals surface area contributed by atoms with E-state index in [1.807, 2.05) is 16.8 Å². The molecule has 2 rings (SSSR count). The molecule has 6 heteroatoms. The van der Waals surface area contributed by atoms with Gasteiger partial charge in [0.05, 0.1) is 0 Å². The lowest BCUT2D eigenvalue weighted by Gasteiger charge is -2.17. The standard InChI is InChI=1S/C14H15N3O2S/c1-17(8-10-5-6-20-9-10)13(18)11-3-2-4-12(7-11)16-14(15)19/h2-7,9H,8H2,1H3,(H3,15,16,19). The summed E-state index contributed by atoms with van der Waals surface area (Å²) >= 11 is 1.60. The molecule has 3 amide bonds. The number of nitrogens with zero attached hydrogens (tertiary/aromatic N) is 1. The van der Waals surface area contributed by atoms with Gasteiger partial charge in [0, 0.05) is 24.8 Å². The average Bonchev–Trinajstić information content (AvgIpc) is 2.90. The Morgan fingerprint density at radius 3 is 2.80 bits per heavy atom. The fourth-order valence-corrected chi connectivity index (χ4v) is 2.48. The van der Waals surface area contributed by atoms with Crippen LogP contribution < -0.4 is 11.1 Å². The first-order chi connectivity index (χ1) is 9.56. The number of benzene rings is 1. The largest absolute Gasteiger partial charge is 0.351 e. The van der Waals surface area contributed by atoms with E-state index in [0.29, 0.717) is 17.8 Å². The smallest absolute Gasteiger partial charge is 0.316 e. The van der Waals surface area contributed by atoms with E-state index < -0.39 is 6.03 Å². The van der Waals surface area contributed by atoms with Crippen LogP contribution >= 0.6 is 11.3 Å². The number of hydrogen-bond donors (Lipinski definition) is 2. The number of nitrogens with two attached hydrogens (primary N) is 1. The molecule has 0 bridgehead atoms. The molecule has 5 nitrogen and oxygen atoms in total. The van der Waals surface area contributed by atoms with Gasteiger partial charge >= 0.3 is 6.03 Å². The Morgan fingerprint density at radius 1 is 1.35 bits per heavy atom. The molecule has 0 spiro atoms. The predicted molar refractivity (Wildman–Crippen MR) is 79.8 cm³/mol. The van der Waals surface area contributed by atoms with Gasteiger partial charge in [-0.2, -0.15) is 11.3 Å². The highest BCUT2D eigenvalue weighted by atomic mass is 32.1. The van der Waals surface area contributed by atoms with E-state index >= 15 is 0 Å². The first kappa shape index (κ1) is 14.1. The van der Waals surface area contributed by atoms with Crippen molar-refractivity contribution >= 4 is 29.0 Å². The Bertz CT molecular complexity index is 611. The third-order valence-electron chi connectivity index (χ3n) is 2.72. The van der Waals surface area contributed by atoms with Crippen molar-refractivity contribution in [3.05, 3.63) is 52.2 Å². The monoisotopic (exact) mass is 289 g/mol. The molecule has 3 N–H and O–H groups in total. The second-order valence-corrected chi connectivity index (χ2v) is 5.14. The van der Waals surface area contributed by atoms with Crippen LogP contribution in [-0.4, -0.2) is 23.9 Å². The fourth-order valence-electron chi connectivity index (χ4n) is 1.82. The maximum Gasteiger partial charge on any atom is 0.316 e. The molecule has 0 fully saturated rings. The van der Waals surface area contributed by atoms with Crippen molar-refractivity contribution in [3.8, 4) is 0 Å². The minimum absolute atomic E-state index is 0.107. The molecule has 0 unspecified atom stereocenters. The highest BCUT2D eigenvalue weighted by Crippen LogP contribution is 2.14. The van der Waals surface area contributed by atoms with Crippen LogP contribution in [0.4, 0.5) is 10.5 Å². The van der Waals surface area contributed by atoms with Gasteiger partial charge in [0.15, 0.2) is 0 Å². The van der Waals surface area contributed by atoms with Crippen molar-refractivity contribution < 1.29 is 9.59 Å². The zero-order valence-electron chi connectivity index (χ0n) is 11.0. The second-order valence-electron chi connectivity index (χ2n) is 4.36. The Kier molecular flexibility index (Phi) is 4.37. The van der Waals surface area contributed by atoms with Crippen LogP contribution in [0.3, 0.4) is 0 Å². The van der Waals surface area contributed by atoms with Gasteiger partial charge in [-0.1, -0.05) is 6.07 Å². The van der Waals surface area contributed by atoms with E-state index in [1.54, 1.807) is 47.5 Å². The number of urea groups is 1. The minimum Gasteiger partial charge on any atom is -0.351 e. The summed E-state index contributed by atoms with van der Waals surface area (Å²) in [6.45, 7) is 0.551. The number of thiophene rings is 1. The van der Waals surface area contributed by atoms with Crippen LogP contribution in [0.5, 0.6) is 0 Å². The molecule has 1 aromatic heterocycles. The summed E-state index contributed by atoms with van der Waals surface area (Å²) in [7, 11) is 1.74. The van der Waals surface area contributed by atoms with Crippen LogP contribution in [0.1, 0.15) is 15.9 Å². The average molecular weight is 289 g/mol. The SMILES string of the molecule is CN(Cc1ccsc1)C(=O)c1cccc(NC(N)=O)c1. The number of anilines is 1. The molecular weight excluding hydrogens is 274 g/mol. The molecular formula is C14H15N3O2S. The molecule has 0 aliphatic rings. The third kappa shape index (κ3) is 3.58. The lowest BCUT2D eigenvalue weighted by atomic mass is 10.1. The first-order valence-corrected chi connectivity index (χ1v) is 6.93. The van der Waals surface area contributed by atoms with Crippen molar-refractivity contribution in [2.45, 2.75) is 6.54 Å². The fraction of sp³-hybridized carbons (Fsp3) is 0.143. The normalized spacial score (nSPS) is 10.1. The summed E-state index contributed by atoms with van der Waals surface area (Å²) < 4.78 is 0. The summed E-state index contributed by atoms with van der Waals surface area (Å²) in [6, 6.07) is 8.04. The van der Waals surface area contributed by atoms with E-state index in [9.17, 15) is 9.59 Å². The third-order valence-corrected chi connectivity index (χ3v) is 3.46. The van der Waals surface area contributed by atoms with Gasteiger partial charge in [-0.3, -0.25) is 4.79 Å². The Morgan fingerprint density at radius 2 is 2.15 bits per heavy atom. The topological polar surface area (TPSA) is 75.4 Å². The van der Waals surface area contributed by atoms with Crippen molar-refractivity contribution in [2.24, 2.45) is 5.73 Å². The van der Waals surface area contributed by atoms with Crippen LogP contribution in [0.15, 0.2) is 41.1 Å². The lowest BCUT2D eigenvalue weighted by Crippen LogP contribution is -2.26. The molecule has 104 valence electrons. The molecule has 0 aliphatic carbocycles. The number of carbonyl (C=O) groups is 2. The van der Waals surface area contributed by atoms with E-state index in [0.717, 1.165) is 5.56 Å². The van der Waals surface area contributed by atoms with E-state index in [-0.39, 0.29) is 5.91 Å². The molecule has 0 atom stereocenters. The van der Waals surface area contributed by atoms with Gasteiger partial charge in [0.2, 0.25) is 0 Å². The first-order valence-electron chi connectivity index (χ1n) is 5.99. The predicted octanol–water partition coefficient (Wildman–Crippen LogP) is 2.51. The number of rotatable bonds is 4. The maximum atomic E-state index is 12.3. The number of primary amides is 1. The number of hydrogen-bond acceptors (Lipinski definition) is 3. The molecule has 20 heavy (non-hydrogen) atoms. The molecule has 0 saturated carbocycles. The van der Waals surface area contributed by atoms with Crippen LogP contribution in [0.25, 0.3) is 0 Å². The summed E-state index contributed by atoms with van der Waals surface area (Å²) in [5.74, 6) is -0.107. The lowest BCUT2D eigenvalue weighted by molar-refractivity contribution is 0.0785. The molecule has 0 saturated heterocycles. The van der Waals surface area contributed by atoms with Gasteiger partial charge in [-0.15, -0.1) is 0 Å². The number of nitrogens with one attached hydrogen (secondary N) is 1. The van der Waals surface area contributed by atoms with Crippen LogP contribution in [0, 0.1) is 0 Å². The summed E-state index contributed by atoms with van der Waals surface area (Å²) in [5, 5.41) is 6.44. The van der Waals surface area contributed by atoms with E-state index in [4.69, 9.17) is 5.73 Å². The van der Waals surface area contributed by atoms with Crippen LogP contribution in [-0.2, 0) is 6.54 Å². The Balaban J connectivity index is 2.10. The highest BCUT2D eigenvalue weighted by molar-refractivity contribution is 7.07. The van der Waals surface area contributed by atoms with E-state index in [1.165, 1.54) is 0 Å². The summed E-state index contributed by atoms with van der Waals surface area (Å²) in [5.41, 5.74) is 7.17. The Labute approximate surface area is 121 Å². The van der Waals surface area contributed by atoms with Gasteiger partial charge < -0.3 is 16.0 Å². The zero-order chi connectivity index (χ0) is 14.5. The molecule has 0 radical (unpaired) electrons. The maximum absolute atomic E-state index is 12.3. The van der Waals surface area contributed by atoms with E-state index in [2.05, 4.69) is 5.32 Å². The summed E-state index contributed by atoms with van der Waals surface area (Å²) in [6.07, 6.45) is 0. The van der Waals surface area contributed by atoms with Crippen molar-refractivity contribution in [2.75, 3.05) is 12.4 Å². The quantitative estimate of drug-likeness (QED) is 0.907. The second kappa shape index (κ2) is 6.21. The number of carbonyl (C=O) groups excluding carboxylic acids is 2. The van der Waals surface area contributed by atoms with Gasteiger partial charge in [0.25, 0.3) is 5.91 Å². The minimum atomic E-state index is -0.652. The molecule has 1 heterocycles. The molecule has 2 aromatic rings. The number of amides is 3. The molecule has 0 aliphatic heterocycles. The van der Waals surface area contributed by atoms with Gasteiger partial charge in [0.1, 0.15) is 0 Å². The highest BCUT2D eigenvalue weighted by Gasteiger charge is 2.12.